The molecule has 2 heteroatoms. The molecule has 0 bridgehead atoms. The largest absolute Gasteiger partial charge is 0.389 e. The van der Waals surface area contributed by atoms with Crippen LogP contribution >= 0.6 is 0 Å². The summed E-state index contributed by atoms with van der Waals surface area (Å²) in [6.45, 7) is 0. The predicted molar refractivity (Wildman–Crippen MR) is 60.9 cm³/mol. The van der Waals surface area contributed by atoms with Crippen LogP contribution in [0.1, 0.15) is 12.0 Å². The van der Waals surface area contributed by atoms with E-state index in [0.29, 0.717) is 6.42 Å². The second-order valence-corrected chi connectivity index (χ2v) is 3.10. The van der Waals surface area contributed by atoms with Crippen LogP contribution in [0.5, 0.6) is 0 Å². The van der Waals surface area contributed by atoms with Gasteiger partial charge in [-0.2, -0.15) is 5.26 Å². The average molecular weight is 199 g/mol. The van der Waals surface area contributed by atoms with Crippen LogP contribution in [0.3, 0.4) is 0 Å². The van der Waals surface area contributed by atoms with Crippen LogP contribution < -0.4 is 0 Å². The second-order valence-electron chi connectivity index (χ2n) is 3.10. The Bertz CT molecular complexity index is 373. The summed E-state index contributed by atoms with van der Waals surface area (Å²) in [4.78, 5) is 0. The summed E-state index contributed by atoms with van der Waals surface area (Å²) in [6.07, 6.45) is 6.55. The second kappa shape index (κ2) is 6.58. The number of hydrogen-bond acceptors (Lipinski definition) is 2. The standard InChI is InChI=1S/C13H13NO/c14-11-5-4-8-13(15)10-9-12-6-2-1-3-7-12/h1-7,9-10,13,15H,8H2/b5-4-,10-9+/t13-/m0/s1. The van der Waals surface area contributed by atoms with Gasteiger partial charge in [0.1, 0.15) is 0 Å². The number of rotatable bonds is 4. The van der Waals surface area contributed by atoms with Crippen molar-refractivity contribution >= 4 is 6.08 Å². The van der Waals surface area contributed by atoms with Crippen molar-refractivity contribution in [2.75, 3.05) is 0 Å². The minimum atomic E-state index is -0.533. The van der Waals surface area contributed by atoms with E-state index in [1.54, 1.807) is 12.2 Å². The molecule has 0 spiro atoms. The molecule has 76 valence electrons. The summed E-state index contributed by atoms with van der Waals surface area (Å²) in [5.74, 6) is 0. The number of aliphatic hydroxyl groups is 1. The van der Waals surface area contributed by atoms with Crippen LogP contribution in [0.25, 0.3) is 6.08 Å². The van der Waals surface area contributed by atoms with Crippen molar-refractivity contribution in [2.45, 2.75) is 12.5 Å². The van der Waals surface area contributed by atoms with Crippen molar-refractivity contribution in [3.05, 3.63) is 54.1 Å². The van der Waals surface area contributed by atoms with E-state index in [2.05, 4.69) is 0 Å². The Balaban J connectivity index is 2.45. The van der Waals surface area contributed by atoms with Crippen LogP contribution in [0.4, 0.5) is 0 Å². The van der Waals surface area contributed by atoms with Gasteiger partial charge in [-0.3, -0.25) is 0 Å². The van der Waals surface area contributed by atoms with Gasteiger partial charge in [-0.15, -0.1) is 0 Å². The molecule has 2 nitrogen and oxygen atoms in total. The first-order valence-electron chi connectivity index (χ1n) is 4.79. The minimum Gasteiger partial charge on any atom is -0.389 e. The van der Waals surface area contributed by atoms with E-state index in [9.17, 15) is 5.11 Å². The lowest BCUT2D eigenvalue weighted by molar-refractivity contribution is 0.228. The maximum absolute atomic E-state index is 9.49. The molecule has 0 aromatic heterocycles. The summed E-state index contributed by atoms with van der Waals surface area (Å²) in [5.41, 5.74) is 1.06. The highest BCUT2D eigenvalue weighted by Gasteiger charge is 1.94. The molecule has 0 amide bonds. The van der Waals surface area contributed by atoms with Gasteiger partial charge >= 0.3 is 0 Å². The fraction of sp³-hybridized carbons (Fsp3) is 0.154. The number of hydrogen-bond donors (Lipinski definition) is 1. The smallest absolute Gasteiger partial charge is 0.0908 e. The number of aliphatic hydroxyl groups excluding tert-OH is 1. The Labute approximate surface area is 89.8 Å². The summed E-state index contributed by atoms with van der Waals surface area (Å²) < 4.78 is 0. The molecular formula is C13H13NO. The Kier molecular flexibility index (Phi) is 4.93. The lowest BCUT2D eigenvalue weighted by atomic mass is 10.1. The quantitative estimate of drug-likeness (QED) is 0.757. The van der Waals surface area contributed by atoms with Crippen molar-refractivity contribution < 1.29 is 5.11 Å². The first-order valence-corrected chi connectivity index (χ1v) is 4.79. The first-order chi connectivity index (χ1) is 7.33. The lowest BCUT2D eigenvalue weighted by Gasteiger charge is -1.99. The van der Waals surface area contributed by atoms with Gasteiger partial charge < -0.3 is 5.11 Å². The molecular weight excluding hydrogens is 186 g/mol. The number of nitrogens with zero attached hydrogens (tertiary/aromatic N) is 1. The van der Waals surface area contributed by atoms with E-state index < -0.39 is 6.10 Å². The fourth-order valence-electron chi connectivity index (χ4n) is 1.13. The molecule has 0 aliphatic rings. The van der Waals surface area contributed by atoms with Gasteiger partial charge in [0.25, 0.3) is 0 Å². The molecule has 0 unspecified atom stereocenters. The highest BCUT2D eigenvalue weighted by Crippen LogP contribution is 2.03. The number of benzene rings is 1. The molecule has 1 N–H and O–H groups in total. The van der Waals surface area contributed by atoms with E-state index in [1.165, 1.54) is 6.08 Å². The van der Waals surface area contributed by atoms with Crippen molar-refractivity contribution in [3.8, 4) is 6.07 Å². The van der Waals surface area contributed by atoms with Gasteiger partial charge in [0.15, 0.2) is 0 Å². The Morgan fingerprint density at radius 2 is 2.07 bits per heavy atom. The molecule has 15 heavy (non-hydrogen) atoms. The van der Waals surface area contributed by atoms with E-state index in [4.69, 9.17) is 5.26 Å². The Hall–Kier alpha value is -1.85. The summed E-state index contributed by atoms with van der Waals surface area (Å²) >= 11 is 0. The lowest BCUT2D eigenvalue weighted by Crippen LogP contribution is -1.98. The van der Waals surface area contributed by atoms with E-state index >= 15 is 0 Å². The predicted octanol–water partition coefficient (Wildman–Crippen LogP) is 2.53. The van der Waals surface area contributed by atoms with Gasteiger partial charge in [-0.25, -0.2) is 0 Å². The van der Waals surface area contributed by atoms with E-state index in [0.717, 1.165) is 5.56 Å². The normalized spacial score (nSPS) is 13.1. The highest BCUT2D eigenvalue weighted by molar-refractivity contribution is 5.49. The molecule has 0 radical (unpaired) electrons. The monoisotopic (exact) mass is 199 g/mol. The average Bonchev–Trinajstić information content (AvgIpc) is 2.28. The summed E-state index contributed by atoms with van der Waals surface area (Å²) in [6, 6.07) is 11.7. The van der Waals surface area contributed by atoms with E-state index in [-0.39, 0.29) is 0 Å². The molecule has 0 heterocycles. The zero-order chi connectivity index (χ0) is 10.9. The third kappa shape index (κ3) is 4.80. The maximum Gasteiger partial charge on any atom is 0.0908 e. The van der Waals surface area contributed by atoms with Gasteiger partial charge in [-0.1, -0.05) is 48.6 Å². The number of allylic oxidation sites excluding steroid dienone is 1. The molecule has 1 rings (SSSR count). The first kappa shape index (κ1) is 11.2. The molecule has 1 aromatic rings. The molecule has 0 saturated heterocycles. The van der Waals surface area contributed by atoms with Gasteiger partial charge in [0.05, 0.1) is 12.2 Å². The van der Waals surface area contributed by atoms with Crippen LogP contribution in [-0.4, -0.2) is 11.2 Å². The van der Waals surface area contributed by atoms with Gasteiger partial charge in [0, 0.05) is 6.08 Å². The van der Waals surface area contributed by atoms with Crippen LogP contribution in [-0.2, 0) is 0 Å². The Morgan fingerprint density at radius 1 is 1.33 bits per heavy atom. The summed E-state index contributed by atoms with van der Waals surface area (Å²) in [7, 11) is 0. The fourth-order valence-corrected chi connectivity index (χ4v) is 1.13. The third-order valence-electron chi connectivity index (χ3n) is 1.88. The zero-order valence-electron chi connectivity index (χ0n) is 8.38. The van der Waals surface area contributed by atoms with Crippen molar-refractivity contribution in [1.82, 2.24) is 0 Å². The molecule has 1 atom stereocenters. The van der Waals surface area contributed by atoms with Crippen molar-refractivity contribution in [1.29, 1.82) is 5.26 Å². The number of nitriles is 1. The molecule has 0 fully saturated rings. The molecule has 0 aliphatic carbocycles. The Morgan fingerprint density at radius 3 is 2.73 bits per heavy atom. The topological polar surface area (TPSA) is 44.0 Å². The highest BCUT2D eigenvalue weighted by atomic mass is 16.3. The summed E-state index contributed by atoms with van der Waals surface area (Å²) in [5, 5.41) is 17.7. The van der Waals surface area contributed by atoms with Crippen LogP contribution in [0, 0.1) is 11.3 Å². The molecule has 0 saturated carbocycles. The zero-order valence-corrected chi connectivity index (χ0v) is 8.38. The minimum absolute atomic E-state index is 0.469. The van der Waals surface area contributed by atoms with Gasteiger partial charge in [0.2, 0.25) is 0 Å². The van der Waals surface area contributed by atoms with Crippen LogP contribution in [0.2, 0.25) is 0 Å². The maximum atomic E-state index is 9.49. The van der Waals surface area contributed by atoms with Crippen LogP contribution in [0.15, 0.2) is 48.6 Å². The van der Waals surface area contributed by atoms with E-state index in [1.807, 2.05) is 42.5 Å². The third-order valence-corrected chi connectivity index (χ3v) is 1.88. The van der Waals surface area contributed by atoms with Crippen molar-refractivity contribution in [3.63, 3.8) is 0 Å². The van der Waals surface area contributed by atoms with Gasteiger partial charge in [-0.05, 0) is 12.0 Å². The molecule has 1 aromatic carbocycles. The van der Waals surface area contributed by atoms with Crippen molar-refractivity contribution in [2.24, 2.45) is 0 Å². The molecule has 0 aliphatic heterocycles. The SMILES string of the molecule is N#C/C=C\C[C@H](O)/C=C/c1ccccc1.